The Morgan fingerprint density at radius 2 is 1.28 bits per heavy atom. The molecule has 0 aliphatic heterocycles. The average Bonchev–Trinajstić information content (AvgIpc) is 3.64. The molecule has 2 aromatic heterocycles. The summed E-state index contributed by atoms with van der Waals surface area (Å²) in [4.78, 5) is 0. The van der Waals surface area contributed by atoms with Crippen molar-refractivity contribution in [2.75, 3.05) is 0 Å². The topological polar surface area (TPSA) is 13.1 Å². The molecule has 0 bridgehead atoms. The molecule has 9 aromatic rings. The van der Waals surface area contributed by atoms with Crippen LogP contribution in [0.5, 0.6) is 0 Å². The Morgan fingerprint density at radius 3 is 2.20 bits per heavy atom. The zero-order valence-electron chi connectivity index (χ0n) is 25.3. The van der Waals surface area contributed by atoms with Crippen molar-refractivity contribution in [3.63, 3.8) is 0 Å². The van der Waals surface area contributed by atoms with Gasteiger partial charge >= 0.3 is 0 Å². The lowest BCUT2D eigenvalue weighted by molar-refractivity contribution is 0.622. The van der Waals surface area contributed by atoms with Gasteiger partial charge in [-0.3, -0.25) is 0 Å². The van der Waals surface area contributed by atoms with Crippen LogP contribution in [0.25, 0.3) is 75.1 Å². The van der Waals surface area contributed by atoms with Crippen molar-refractivity contribution in [2.24, 2.45) is 0 Å². The van der Waals surface area contributed by atoms with Gasteiger partial charge in [-0.2, -0.15) is 0 Å². The first-order chi connectivity index (χ1) is 22.8. The summed E-state index contributed by atoms with van der Waals surface area (Å²) in [5.41, 5.74) is 11.5. The molecular formula is C44H30OS. The van der Waals surface area contributed by atoms with Crippen LogP contribution in [0.4, 0.5) is 0 Å². The SMILES string of the molecule is c1ccc(CCC(Cc2ccc3oc4ccccc4c3c2)c2cc3c4c(c2)sc2ccc5cccc(c5c24)-c2ccccc2-3)cc1. The fraction of sp³-hybridized carbons (Fsp3) is 0.0909. The van der Waals surface area contributed by atoms with Crippen LogP contribution in [0.3, 0.4) is 0 Å². The first-order valence-corrected chi connectivity index (χ1v) is 17.1. The van der Waals surface area contributed by atoms with Gasteiger partial charge in [-0.05, 0) is 105 Å². The summed E-state index contributed by atoms with van der Waals surface area (Å²) in [6, 6.07) is 51.7. The summed E-state index contributed by atoms with van der Waals surface area (Å²) >= 11 is 1.95. The fourth-order valence-corrected chi connectivity index (χ4v) is 9.16. The molecule has 10 rings (SSSR count). The lowest BCUT2D eigenvalue weighted by Gasteiger charge is -2.20. The Bertz CT molecular complexity index is 2620. The lowest BCUT2D eigenvalue weighted by atomic mass is 9.84. The molecule has 1 unspecified atom stereocenters. The maximum atomic E-state index is 6.18. The molecule has 0 fully saturated rings. The molecule has 0 saturated carbocycles. The van der Waals surface area contributed by atoms with Gasteiger partial charge in [0.25, 0.3) is 0 Å². The molecule has 46 heavy (non-hydrogen) atoms. The number of aryl methyl sites for hydroxylation is 1. The van der Waals surface area contributed by atoms with Crippen molar-refractivity contribution in [3.8, 4) is 22.3 Å². The summed E-state index contributed by atoms with van der Waals surface area (Å²) in [6.07, 6.45) is 3.10. The first-order valence-electron chi connectivity index (χ1n) is 16.2. The van der Waals surface area contributed by atoms with E-state index in [4.69, 9.17) is 4.42 Å². The maximum Gasteiger partial charge on any atom is 0.135 e. The summed E-state index contributed by atoms with van der Waals surface area (Å²) in [7, 11) is 0. The van der Waals surface area contributed by atoms with Crippen molar-refractivity contribution in [2.45, 2.75) is 25.2 Å². The second-order valence-corrected chi connectivity index (χ2v) is 13.9. The number of para-hydroxylation sites is 1. The minimum absolute atomic E-state index is 0.361. The van der Waals surface area contributed by atoms with Gasteiger partial charge in [0.15, 0.2) is 0 Å². The second-order valence-electron chi connectivity index (χ2n) is 12.8. The van der Waals surface area contributed by atoms with E-state index in [0.29, 0.717) is 5.92 Å². The molecule has 0 radical (unpaired) electrons. The molecule has 7 aromatic carbocycles. The van der Waals surface area contributed by atoms with E-state index in [2.05, 4.69) is 133 Å². The highest BCUT2D eigenvalue weighted by Crippen LogP contribution is 2.51. The smallest absolute Gasteiger partial charge is 0.135 e. The molecule has 0 saturated heterocycles. The number of hydrogen-bond donors (Lipinski definition) is 0. The van der Waals surface area contributed by atoms with Crippen molar-refractivity contribution < 1.29 is 4.42 Å². The quantitative estimate of drug-likeness (QED) is 0.183. The number of furan rings is 1. The van der Waals surface area contributed by atoms with Gasteiger partial charge in [-0.15, -0.1) is 11.3 Å². The monoisotopic (exact) mass is 606 g/mol. The van der Waals surface area contributed by atoms with Crippen LogP contribution in [-0.2, 0) is 12.8 Å². The first kappa shape index (κ1) is 26.1. The van der Waals surface area contributed by atoms with Gasteiger partial charge in [0, 0.05) is 30.9 Å². The van der Waals surface area contributed by atoms with E-state index in [0.717, 1.165) is 30.4 Å². The van der Waals surface area contributed by atoms with E-state index >= 15 is 0 Å². The van der Waals surface area contributed by atoms with E-state index in [1.165, 1.54) is 80.7 Å². The van der Waals surface area contributed by atoms with Crippen LogP contribution in [0, 0.1) is 0 Å². The number of hydrogen-bond acceptors (Lipinski definition) is 2. The zero-order valence-corrected chi connectivity index (χ0v) is 26.1. The predicted octanol–water partition coefficient (Wildman–Crippen LogP) is 12.7. The zero-order chi connectivity index (χ0) is 30.2. The van der Waals surface area contributed by atoms with E-state index in [-0.39, 0.29) is 0 Å². The number of benzene rings is 7. The standard InChI is InChI=1S/C44H30OS/c1-2-9-27(10-3-1)17-19-30(23-28-18-21-39-36(24-28)34-14-6-7-16-38(34)45-39)31-25-37-33-13-5-4-12-32(33)35-15-8-11-29-20-22-40-44(42(29)35)43(37)41(26-31)46-40/h1-16,18,20-22,24-26,30H,17,19,23H2. The third-order valence-electron chi connectivity index (χ3n) is 10.1. The van der Waals surface area contributed by atoms with Crippen LogP contribution in [0.15, 0.2) is 144 Å². The summed E-state index contributed by atoms with van der Waals surface area (Å²) in [6.45, 7) is 0. The Kier molecular flexibility index (Phi) is 5.76. The van der Waals surface area contributed by atoms with Gasteiger partial charge in [0.2, 0.25) is 0 Å². The van der Waals surface area contributed by atoms with Gasteiger partial charge < -0.3 is 4.42 Å². The Labute approximate surface area is 271 Å². The van der Waals surface area contributed by atoms with Crippen LogP contribution < -0.4 is 0 Å². The maximum absolute atomic E-state index is 6.18. The van der Waals surface area contributed by atoms with Gasteiger partial charge in [-0.25, -0.2) is 0 Å². The van der Waals surface area contributed by atoms with Crippen LogP contribution in [0.2, 0.25) is 0 Å². The predicted molar refractivity (Wildman–Crippen MR) is 196 cm³/mol. The molecule has 0 N–H and O–H groups in total. The molecule has 2 heteroatoms. The minimum atomic E-state index is 0.361. The van der Waals surface area contributed by atoms with Crippen LogP contribution in [-0.4, -0.2) is 0 Å². The van der Waals surface area contributed by atoms with Crippen molar-refractivity contribution in [1.82, 2.24) is 0 Å². The fourth-order valence-electron chi connectivity index (χ4n) is 7.97. The molecule has 218 valence electrons. The average molecular weight is 607 g/mol. The van der Waals surface area contributed by atoms with E-state index in [1.54, 1.807) is 0 Å². The highest BCUT2D eigenvalue weighted by atomic mass is 32.1. The summed E-state index contributed by atoms with van der Waals surface area (Å²) in [5.74, 6) is 0.361. The number of rotatable bonds is 6. The normalized spacial score (nSPS) is 13.0. The summed E-state index contributed by atoms with van der Waals surface area (Å²) < 4.78 is 8.95. The Morgan fingerprint density at radius 1 is 0.500 bits per heavy atom. The third-order valence-corrected chi connectivity index (χ3v) is 11.2. The molecule has 0 amide bonds. The van der Waals surface area contributed by atoms with E-state index < -0.39 is 0 Å². The highest BCUT2D eigenvalue weighted by molar-refractivity contribution is 7.26. The van der Waals surface area contributed by atoms with Gasteiger partial charge in [0.05, 0.1) is 0 Å². The summed E-state index contributed by atoms with van der Waals surface area (Å²) in [5, 5.41) is 7.95. The third kappa shape index (κ3) is 4.00. The molecule has 2 heterocycles. The lowest BCUT2D eigenvalue weighted by Crippen LogP contribution is -2.06. The Hall–Kier alpha value is -5.18. The molecule has 1 aliphatic rings. The van der Waals surface area contributed by atoms with Gasteiger partial charge in [-0.1, -0.05) is 109 Å². The van der Waals surface area contributed by atoms with Crippen molar-refractivity contribution >= 4 is 64.2 Å². The Balaban J connectivity index is 1.17. The van der Waals surface area contributed by atoms with Crippen LogP contribution in [0.1, 0.15) is 29.0 Å². The van der Waals surface area contributed by atoms with Crippen LogP contribution >= 0.6 is 11.3 Å². The number of fused-ring (bicyclic) bond motifs is 6. The van der Waals surface area contributed by atoms with Crippen molar-refractivity contribution in [1.29, 1.82) is 0 Å². The van der Waals surface area contributed by atoms with E-state index in [1.807, 2.05) is 17.4 Å². The molecule has 1 atom stereocenters. The number of thiophene rings is 1. The molecule has 1 nitrogen and oxygen atoms in total. The molecular weight excluding hydrogens is 577 g/mol. The molecule has 1 aliphatic carbocycles. The minimum Gasteiger partial charge on any atom is -0.456 e. The largest absolute Gasteiger partial charge is 0.456 e. The van der Waals surface area contributed by atoms with Crippen molar-refractivity contribution in [3.05, 3.63) is 156 Å². The van der Waals surface area contributed by atoms with E-state index in [9.17, 15) is 0 Å². The molecule has 0 spiro atoms. The second kappa shape index (κ2) is 10.2. The highest BCUT2D eigenvalue weighted by Gasteiger charge is 2.25. The van der Waals surface area contributed by atoms with Gasteiger partial charge in [0.1, 0.15) is 11.2 Å².